The van der Waals surface area contributed by atoms with E-state index in [1.165, 1.54) is 0 Å². The fourth-order valence-corrected chi connectivity index (χ4v) is 3.75. The number of nitriles is 2. The van der Waals surface area contributed by atoms with Crippen LogP contribution < -0.4 is 16.0 Å². The first-order valence-corrected chi connectivity index (χ1v) is 7.92. The predicted octanol–water partition coefficient (Wildman–Crippen LogP) is 3.21. The van der Waals surface area contributed by atoms with E-state index in [2.05, 4.69) is 17.5 Å². The number of benzene rings is 1. The van der Waals surface area contributed by atoms with Crippen LogP contribution in [0.1, 0.15) is 11.6 Å². The van der Waals surface area contributed by atoms with Gasteiger partial charge in [0.05, 0.1) is 34.8 Å². The molecular weight excluding hydrogens is 306 g/mol. The van der Waals surface area contributed by atoms with Crippen LogP contribution in [-0.4, -0.2) is 0 Å². The maximum atomic E-state index is 9.65. The van der Waals surface area contributed by atoms with Crippen LogP contribution >= 0.6 is 11.3 Å². The van der Waals surface area contributed by atoms with Crippen LogP contribution in [-0.2, 0) is 0 Å². The minimum atomic E-state index is -0.325. The quantitative estimate of drug-likeness (QED) is 0.843. The molecule has 3 heterocycles. The molecule has 0 radical (unpaired) electrons. The molecule has 3 N–H and O–H groups in total. The molecule has 2 aliphatic heterocycles. The average molecular weight is 317 g/mol. The molecule has 0 saturated heterocycles. The fraction of sp³-hybridized carbons (Fsp3) is 0.0588. The van der Waals surface area contributed by atoms with Crippen molar-refractivity contribution in [1.29, 1.82) is 10.5 Å². The van der Waals surface area contributed by atoms with Crippen molar-refractivity contribution in [3.8, 4) is 12.1 Å². The number of thiophene rings is 1. The maximum absolute atomic E-state index is 9.65. The normalized spacial score (nSPS) is 18.9. The summed E-state index contributed by atoms with van der Waals surface area (Å²) in [5, 5.41) is 26.4. The van der Waals surface area contributed by atoms with Crippen LogP contribution in [0.4, 0.5) is 11.4 Å². The van der Waals surface area contributed by atoms with Gasteiger partial charge in [-0.15, -0.1) is 0 Å². The van der Waals surface area contributed by atoms with Crippen LogP contribution in [0, 0.1) is 22.7 Å². The minimum Gasteiger partial charge on any atom is -0.397 e. The fourth-order valence-electron chi connectivity index (χ4n) is 3.07. The molecule has 23 heavy (non-hydrogen) atoms. The molecule has 0 saturated carbocycles. The second-order valence-electron chi connectivity index (χ2n) is 5.25. The van der Waals surface area contributed by atoms with Gasteiger partial charge in [-0.3, -0.25) is 0 Å². The number of para-hydroxylation sites is 2. The van der Waals surface area contributed by atoms with Gasteiger partial charge in [0.15, 0.2) is 0 Å². The summed E-state index contributed by atoms with van der Waals surface area (Å²) >= 11 is 1.57. The molecule has 110 valence electrons. The molecule has 0 fully saturated rings. The van der Waals surface area contributed by atoms with Crippen LogP contribution in [0.3, 0.4) is 0 Å². The molecule has 1 aromatic heterocycles. The highest BCUT2D eigenvalue weighted by atomic mass is 32.1. The number of rotatable bonds is 1. The third-order valence-corrected chi connectivity index (χ3v) is 4.78. The lowest BCUT2D eigenvalue weighted by molar-refractivity contribution is 0.773. The van der Waals surface area contributed by atoms with E-state index >= 15 is 0 Å². The summed E-state index contributed by atoms with van der Waals surface area (Å²) < 4.78 is 0. The summed E-state index contributed by atoms with van der Waals surface area (Å²) in [5.41, 5.74) is 9.94. The van der Waals surface area contributed by atoms with Gasteiger partial charge in [0.1, 0.15) is 17.5 Å². The third-order valence-electron chi connectivity index (χ3n) is 4.08. The molecule has 4 rings (SSSR count). The molecule has 2 aromatic rings. The van der Waals surface area contributed by atoms with Crippen molar-refractivity contribution in [3.63, 3.8) is 0 Å². The van der Waals surface area contributed by atoms with Crippen molar-refractivity contribution < 1.29 is 0 Å². The molecule has 0 aliphatic carbocycles. The number of nitrogens with zero attached hydrogens (tertiary/aromatic N) is 3. The van der Waals surface area contributed by atoms with E-state index in [9.17, 15) is 10.5 Å². The third kappa shape index (κ3) is 1.76. The van der Waals surface area contributed by atoms with Gasteiger partial charge >= 0.3 is 0 Å². The van der Waals surface area contributed by atoms with Crippen LogP contribution in [0.25, 0.3) is 0 Å². The average Bonchev–Trinajstić information content (AvgIpc) is 3.21. The van der Waals surface area contributed by atoms with E-state index in [1.807, 2.05) is 46.0 Å². The molecule has 0 amide bonds. The Morgan fingerprint density at radius 2 is 2.00 bits per heavy atom. The van der Waals surface area contributed by atoms with Crippen LogP contribution in [0.2, 0.25) is 0 Å². The molecular formula is C17H11N5S. The molecule has 1 unspecified atom stereocenters. The Balaban J connectivity index is 2.02. The zero-order chi connectivity index (χ0) is 16.0. The van der Waals surface area contributed by atoms with Gasteiger partial charge in [0.25, 0.3) is 0 Å². The Morgan fingerprint density at radius 1 is 1.17 bits per heavy atom. The van der Waals surface area contributed by atoms with E-state index in [4.69, 9.17) is 5.73 Å². The second kappa shape index (κ2) is 4.91. The van der Waals surface area contributed by atoms with Gasteiger partial charge in [0, 0.05) is 0 Å². The van der Waals surface area contributed by atoms with E-state index in [0.29, 0.717) is 17.0 Å². The lowest BCUT2D eigenvalue weighted by Crippen LogP contribution is -2.34. The molecule has 0 bridgehead atoms. The number of nitrogens with one attached hydrogen (secondary N) is 1. The summed E-state index contributed by atoms with van der Waals surface area (Å²) in [6.45, 7) is 0. The lowest BCUT2D eigenvalue weighted by atomic mass is 9.92. The Labute approximate surface area is 137 Å². The Kier molecular flexibility index (Phi) is 2.87. The van der Waals surface area contributed by atoms with Crippen LogP contribution in [0.15, 0.2) is 63.8 Å². The maximum Gasteiger partial charge on any atom is 0.132 e. The first kappa shape index (κ1) is 13.4. The SMILES string of the molecule is N#CC1=C2Nc3ccccc3N2C(c2ccsc2)C(C#N)=C1N. The minimum absolute atomic E-state index is 0.248. The van der Waals surface area contributed by atoms with Gasteiger partial charge in [0.2, 0.25) is 0 Å². The standard InChI is InChI=1S/C17H11N5S/c18-7-11-15(20)12(8-19)17-21-13-3-1-2-4-14(13)22(17)16(11)10-5-6-23-9-10/h1-6,9,16,21H,20H2. The smallest absolute Gasteiger partial charge is 0.132 e. The van der Waals surface area contributed by atoms with Crippen LogP contribution in [0.5, 0.6) is 0 Å². The van der Waals surface area contributed by atoms with Gasteiger partial charge in [-0.25, -0.2) is 0 Å². The summed E-state index contributed by atoms with van der Waals surface area (Å²) in [6, 6.07) is 13.8. The lowest BCUT2D eigenvalue weighted by Gasteiger charge is -2.34. The number of allylic oxidation sites excluding steroid dienone is 1. The summed E-state index contributed by atoms with van der Waals surface area (Å²) in [5.74, 6) is 0.640. The first-order chi connectivity index (χ1) is 11.3. The molecule has 1 atom stereocenters. The second-order valence-corrected chi connectivity index (χ2v) is 6.03. The highest BCUT2D eigenvalue weighted by molar-refractivity contribution is 7.08. The van der Waals surface area contributed by atoms with Gasteiger partial charge in [-0.05, 0) is 34.5 Å². The number of nitrogens with two attached hydrogens (primary N) is 1. The molecule has 1 aromatic carbocycles. The summed E-state index contributed by atoms with van der Waals surface area (Å²) in [4.78, 5) is 1.99. The first-order valence-electron chi connectivity index (χ1n) is 6.98. The summed E-state index contributed by atoms with van der Waals surface area (Å²) in [7, 11) is 0. The number of fused-ring (bicyclic) bond motifs is 3. The van der Waals surface area contributed by atoms with E-state index < -0.39 is 0 Å². The topological polar surface area (TPSA) is 88.9 Å². The molecule has 5 nitrogen and oxygen atoms in total. The van der Waals surface area contributed by atoms with Crippen molar-refractivity contribution in [2.45, 2.75) is 6.04 Å². The zero-order valence-electron chi connectivity index (χ0n) is 11.9. The van der Waals surface area contributed by atoms with E-state index in [0.717, 1.165) is 16.9 Å². The monoisotopic (exact) mass is 317 g/mol. The van der Waals surface area contributed by atoms with Gasteiger partial charge in [-0.2, -0.15) is 21.9 Å². The largest absolute Gasteiger partial charge is 0.397 e. The van der Waals surface area contributed by atoms with Gasteiger partial charge < -0.3 is 16.0 Å². The van der Waals surface area contributed by atoms with Crippen molar-refractivity contribution in [3.05, 3.63) is 69.3 Å². The van der Waals surface area contributed by atoms with E-state index in [-0.39, 0.29) is 11.7 Å². The Morgan fingerprint density at radius 3 is 2.70 bits per heavy atom. The Hall–Kier alpha value is -3.22. The number of hydrogen-bond donors (Lipinski definition) is 2. The van der Waals surface area contributed by atoms with Crippen molar-refractivity contribution in [1.82, 2.24) is 0 Å². The van der Waals surface area contributed by atoms with E-state index in [1.54, 1.807) is 11.3 Å². The van der Waals surface area contributed by atoms with Gasteiger partial charge in [-0.1, -0.05) is 12.1 Å². The Bertz CT molecular complexity index is 940. The molecule has 0 spiro atoms. The number of hydrogen-bond acceptors (Lipinski definition) is 6. The molecule has 2 aliphatic rings. The van der Waals surface area contributed by atoms with Crippen molar-refractivity contribution in [2.24, 2.45) is 5.73 Å². The van der Waals surface area contributed by atoms with Crippen molar-refractivity contribution in [2.75, 3.05) is 10.2 Å². The predicted molar refractivity (Wildman–Crippen MR) is 89.1 cm³/mol. The highest BCUT2D eigenvalue weighted by Crippen LogP contribution is 2.49. The number of anilines is 2. The zero-order valence-corrected chi connectivity index (χ0v) is 12.8. The highest BCUT2D eigenvalue weighted by Gasteiger charge is 2.40. The summed E-state index contributed by atoms with van der Waals surface area (Å²) in [6.07, 6.45) is 0. The van der Waals surface area contributed by atoms with Crippen molar-refractivity contribution >= 4 is 22.7 Å². The molecule has 6 heteroatoms.